The van der Waals surface area contributed by atoms with Crippen molar-refractivity contribution < 1.29 is 13.9 Å². The van der Waals surface area contributed by atoms with Gasteiger partial charge in [-0.05, 0) is 106 Å². The number of rotatable bonds is 8. The van der Waals surface area contributed by atoms with E-state index in [1.807, 2.05) is 60.7 Å². The Balaban J connectivity index is 1.07. The lowest BCUT2D eigenvalue weighted by atomic mass is 9.59. The Morgan fingerprint density at radius 1 is 0.492 bits per heavy atom. The van der Waals surface area contributed by atoms with Crippen LogP contribution in [0.3, 0.4) is 0 Å². The summed E-state index contributed by atoms with van der Waals surface area (Å²) < 4.78 is 4.99. The van der Waals surface area contributed by atoms with E-state index in [0.717, 1.165) is 59.3 Å². The van der Waals surface area contributed by atoms with Crippen LogP contribution in [0.5, 0.6) is 0 Å². The van der Waals surface area contributed by atoms with Crippen molar-refractivity contribution in [3.8, 4) is 55.9 Å². The van der Waals surface area contributed by atoms with Gasteiger partial charge >= 0.3 is 0 Å². The van der Waals surface area contributed by atoms with Crippen molar-refractivity contribution in [1.82, 2.24) is 0 Å². The van der Waals surface area contributed by atoms with Crippen LogP contribution in [0.25, 0.3) is 55.9 Å². The van der Waals surface area contributed by atoms with Crippen LogP contribution in [-0.2, 0) is 18.5 Å². The van der Waals surface area contributed by atoms with Crippen molar-refractivity contribution in [3.05, 3.63) is 217 Å². The first-order chi connectivity index (χ1) is 29.0. The molecule has 0 fully saturated rings. The summed E-state index contributed by atoms with van der Waals surface area (Å²) in [6.45, 7) is 6.68. The Morgan fingerprint density at radius 3 is 1.73 bits per heavy atom. The third-order valence-corrected chi connectivity index (χ3v) is 13.5. The maximum Gasteiger partial charge on any atom is 0.212 e. The molecule has 2 aromatic heterocycles. The minimum atomic E-state index is -0.0669. The zero-order chi connectivity index (χ0) is 39.9. The maximum atomic E-state index is 14.5. The molecule has 0 saturated carbocycles. The summed E-state index contributed by atoms with van der Waals surface area (Å²) in [4.78, 5) is 14.5. The quantitative estimate of drug-likeness (QED) is 0.112. The highest BCUT2D eigenvalue weighted by Gasteiger charge is 2.51. The fraction of sp³-hybridized carbons (Fsp3) is 0.161. The smallest absolute Gasteiger partial charge is 0.212 e. The van der Waals surface area contributed by atoms with Crippen molar-refractivity contribution in [2.75, 3.05) is 0 Å². The predicted octanol–water partition coefficient (Wildman–Crippen LogP) is 12.3. The molecule has 0 aliphatic carbocycles. The first-order valence-electron chi connectivity index (χ1n) is 21.2. The van der Waals surface area contributed by atoms with Crippen molar-refractivity contribution in [1.29, 1.82) is 0 Å². The molecule has 3 nitrogen and oxygen atoms in total. The second-order valence-electron chi connectivity index (χ2n) is 16.3. The van der Waals surface area contributed by atoms with E-state index in [-0.39, 0.29) is 11.2 Å². The number of ketones is 1. The lowest BCUT2D eigenvalue weighted by Crippen LogP contribution is -2.52. The zero-order valence-electron chi connectivity index (χ0n) is 33.8. The fourth-order valence-corrected chi connectivity index (χ4v) is 10.5. The summed E-state index contributed by atoms with van der Waals surface area (Å²) in [6.07, 6.45) is 6.62. The molecule has 3 heteroatoms. The molecule has 2 unspecified atom stereocenters. The number of carbonyl (C=O) groups excluding carboxylic acids is 1. The lowest BCUT2D eigenvalue weighted by molar-refractivity contribution is -0.707. The number of fused-ring (bicyclic) bond motifs is 6. The molecule has 0 bridgehead atoms. The Hall–Kier alpha value is -6.71. The standard InChI is InChI=1S/C56H48N2O/c1-3-56(4-2)51-29-28-42(36-49(51)54-27-14-16-31-58(54)38-52(56)50-37-57-30-15-13-26-53(57)48-25-12-11-24-47(48)50)41-22-17-23-43(32-41)55(59)46-34-44(39-18-7-5-8-19-39)33-45(35-46)40-20-9-6-10-21-40/h5-36,50,52H,3-4,37-38H2,1-2H3/q+2. The van der Waals surface area contributed by atoms with Gasteiger partial charge in [0.1, 0.15) is 0 Å². The molecule has 8 aromatic rings. The molecule has 0 saturated heterocycles. The molecule has 4 heterocycles. The molecule has 59 heavy (non-hydrogen) atoms. The third kappa shape index (κ3) is 6.42. The van der Waals surface area contributed by atoms with E-state index >= 15 is 0 Å². The Morgan fingerprint density at radius 2 is 1.05 bits per heavy atom. The number of pyridine rings is 2. The summed E-state index contributed by atoms with van der Waals surface area (Å²) >= 11 is 0. The molecule has 2 aliphatic heterocycles. The number of nitrogens with zero attached hydrogens (tertiary/aromatic N) is 2. The largest absolute Gasteiger partial charge is 0.289 e. The van der Waals surface area contributed by atoms with Crippen LogP contribution in [0.1, 0.15) is 59.7 Å². The zero-order valence-corrected chi connectivity index (χ0v) is 33.8. The second kappa shape index (κ2) is 15.2. The molecule has 6 aromatic carbocycles. The summed E-state index contributed by atoms with van der Waals surface area (Å²) in [7, 11) is 0. The lowest BCUT2D eigenvalue weighted by Gasteiger charge is -2.42. The highest BCUT2D eigenvalue weighted by molar-refractivity contribution is 6.11. The Kier molecular flexibility index (Phi) is 9.45. The Bertz CT molecular complexity index is 2780. The monoisotopic (exact) mass is 764 g/mol. The van der Waals surface area contributed by atoms with E-state index in [9.17, 15) is 4.79 Å². The summed E-state index contributed by atoms with van der Waals surface area (Å²) in [5.74, 6) is 0.706. The van der Waals surface area contributed by atoms with E-state index < -0.39 is 0 Å². The van der Waals surface area contributed by atoms with Crippen LogP contribution in [0, 0.1) is 5.92 Å². The van der Waals surface area contributed by atoms with Crippen LogP contribution >= 0.6 is 0 Å². The molecule has 286 valence electrons. The maximum absolute atomic E-state index is 14.5. The van der Waals surface area contributed by atoms with Crippen molar-refractivity contribution >= 4 is 5.78 Å². The number of aromatic nitrogens is 2. The van der Waals surface area contributed by atoms with Gasteiger partial charge in [0.25, 0.3) is 0 Å². The van der Waals surface area contributed by atoms with E-state index in [1.54, 1.807) is 0 Å². The minimum absolute atomic E-state index is 0.0171. The summed E-state index contributed by atoms with van der Waals surface area (Å²) in [5.41, 5.74) is 15.7. The van der Waals surface area contributed by atoms with Gasteiger partial charge in [-0.2, -0.15) is 9.13 Å². The van der Waals surface area contributed by atoms with Crippen LogP contribution in [0.4, 0.5) is 0 Å². The Labute approximate surface area is 347 Å². The molecule has 0 N–H and O–H groups in total. The molecular weight excluding hydrogens is 717 g/mol. The fourth-order valence-electron chi connectivity index (χ4n) is 10.5. The summed E-state index contributed by atoms with van der Waals surface area (Å²) in [5, 5.41) is 0. The summed E-state index contributed by atoms with van der Waals surface area (Å²) in [6, 6.07) is 64.6. The third-order valence-electron chi connectivity index (χ3n) is 13.5. The van der Waals surface area contributed by atoms with Gasteiger partial charge < -0.3 is 0 Å². The van der Waals surface area contributed by atoms with Gasteiger partial charge in [0.05, 0.1) is 11.5 Å². The van der Waals surface area contributed by atoms with Gasteiger partial charge in [0, 0.05) is 52.3 Å². The van der Waals surface area contributed by atoms with Crippen molar-refractivity contribution in [2.24, 2.45) is 5.92 Å². The molecule has 10 rings (SSSR count). The molecule has 2 aliphatic rings. The van der Waals surface area contributed by atoms with Crippen LogP contribution in [-0.4, -0.2) is 5.78 Å². The number of hydrogen-bond donors (Lipinski definition) is 0. The van der Waals surface area contributed by atoms with Gasteiger partial charge in [-0.15, -0.1) is 0 Å². The highest BCUT2D eigenvalue weighted by Crippen LogP contribution is 2.52. The van der Waals surface area contributed by atoms with Gasteiger partial charge in [0.2, 0.25) is 11.4 Å². The minimum Gasteiger partial charge on any atom is -0.289 e. The van der Waals surface area contributed by atoms with Crippen LogP contribution in [0.2, 0.25) is 0 Å². The first kappa shape index (κ1) is 36.6. The average molecular weight is 765 g/mol. The molecule has 0 spiro atoms. The van der Waals surface area contributed by atoms with Crippen LogP contribution < -0.4 is 9.13 Å². The molecular formula is C56H48N2O+2. The van der Waals surface area contributed by atoms with Gasteiger partial charge in [-0.3, -0.25) is 4.79 Å². The number of benzene rings is 6. The topological polar surface area (TPSA) is 24.8 Å². The molecule has 0 radical (unpaired) electrons. The van der Waals surface area contributed by atoms with Crippen LogP contribution in [0.15, 0.2) is 194 Å². The molecule has 0 amide bonds. The van der Waals surface area contributed by atoms with Crippen molar-refractivity contribution in [2.45, 2.75) is 51.1 Å². The second-order valence-corrected chi connectivity index (χ2v) is 16.3. The predicted molar refractivity (Wildman–Crippen MR) is 239 cm³/mol. The van der Waals surface area contributed by atoms with E-state index in [1.165, 1.54) is 33.6 Å². The van der Waals surface area contributed by atoms with E-state index in [2.05, 4.69) is 157 Å². The SMILES string of the molecule is CCC1(CC)c2ccc(-c3cccc(C(=O)c4cc(-c5ccccc5)cc(-c5ccccc5)c4)c3)cc2-c2cccc[n+]2CC1C1C[n+]2ccccc2-c2ccccc21. The number of carbonyl (C=O) groups is 1. The average Bonchev–Trinajstić information content (AvgIpc) is 3.44. The molecule has 2 atom stereocenters. The number of hydrogen-bond acceptors (Lipinski definition) is 1. The first-order valence-corrected chi connectivity index (χ1v) is 21.2. The van der Waals surface area contributed by atoms with Gasteiger partial charge in [-0.1, -0.05) is 123 Å². The van der Waals surface area contributed by atoms with Crippen molar-refractivity contribution in [3.63, 3.8) is 0 Å². The van der Waals surface area contributed by atoms with Gasteiger partial charge in [0.15, 0.2) is 31.3 Å². The normalized spacial score (nSPS) is 16.2. The van der Waals surface area contributed by atoms with E-state index in [4.69, 9.17) is 0 Å². The highest BCUT2D eigenvalue weighted by atomic mass is 16.1. The van der Waals surface area contributed by atoms with E-state index in [0.29, 0.717) is 23.0 Å². The van der Waals surface area contributed by atoms with Gasteiger partial charge in [-0.25, -0.2) is 0 Å².